The Morgan fingerprint density at radius 1 is 1.25 bits per heavy atom. The molecule has 0 radical (unpaired) electrons. The molecule has 100 valence electrons. The SMILES string of the molecule is COc1ccc(O)c(C=Nc2nc3ccccc3s2)c1. The molecule has 0 saturated carbocycles. The van der Waals surface area contributed by atoms with E-state index in [2.05, 4.69) is 9.98 Å². The Labute approximate surface area is 120 Å². The summed E-state index contributed by atoms with van der Waals surface area (Å²) in [6.45, 7) is 0. The highest BCUT2D eigenvalue weighted by molar-refractivity contribution is 7.22. The molecule has 3 aromatic rings. The number of nitrogens with zero attached hydrogens (tertiary/aromatic N) is 2. The van der Waals surface area contributed by atoms with Crippen LogP contribution >= 0.6 is 11.3 Å². The Balaban J connectivity index is 1.93. The lowest BCUT2D eigenvalue weighted by Crippen LogP contribution is -1.86. The maximum absolute atomic E-state index is 9.78. The minimum Gasteiger partial charge on any atom is -0.507 e. The minimum absolute atomic E-state index is 0.163. The highest BCUT2D eigenvalue weighted by atomic mass is 32.1. The molecule has 0 spiro atoms. The smallest absolute Gasteiger partial charge is 0.210 e. The number of phenolic OH excluding ortho intramolecular Hbond substituents is 1. The lowest BCUT2D eigenvalue weighted by molar-refractivity contribution is 0.412. The molecule has 0 fully saturated rings. The van der Waals surface area contributed by atoms with Crippen LogP contribution in [0.2, 0.25) is 0 Å². The third-order valence-corrected chi connectivity index (χ3v) is 3.78. The van der Waals surface area contributed by atoms with Gasteiger partial charge in [0.15, 0.2) is 0 Å². The highest BCUT2D eigenvalue weighted by Crippen LogP contribution is 2.28. The largest absolute Gasteiger partial charge is 0.507 e. The summed E-state index contributed by atoms with van der Waals surface area (Å²) < 4.78 is 6.22. The first kappa shape index (κ1) is 12.6. The molecule has 1 aromatic heterocycles. The normalized spacial score (nSPS) is 11.2. The van der Waals surface area contributed by atoms with Crippen molar-refractivity contribution in [2.75, 3.05) is 7.11 Å². The molecule has 0 bridgehead atoms. The second kappa shape index (κ2) is 5.30. The first-order chi connectivity index (χ1) is 9.76. The van der Waals surface area contributed by atoms with E-state index in [-0.39, 0.29) is 5.75 Å². The average molecular weight is 284 g/mol. The van der Waals surface area contributed by atoms with Gasteiger partial charge in [0, 0.05) is 11.8 Å². The van der Waals surface area contributed by atoms with Crippen LogP contribution in [0.4, 0.5) is 5.13 Å². The van der Waals surface area contributed by atoms with Crippen LogP contribution in [0, 0.1) is 0 Å². The maximum atomic E-state index is 9.78. The van der Waals surface area contributed by atoms with Gasteiger partial charge in [-0.1, -0.05) is 23.5 Å². The number of phenols is 1. The molecular weight excluding hydrogens is 272 g/mol. The number of aromatic nitrogens is 1. The summed E-state index contributed by atoms with van der Waals surface area (Å²) in [5.41, 5.74) is 1.53. The van der Waals surface area contributed by atoms with E-state index in [4.69, 9.17) is 4.74 Å². The molecule has 0 unspecified atom stereocenters. The van der Waals surface area contributed by atoms with E-state index < -0.39 is 0 Å². The van der Waals surface area contributed by atoms with Gasteiger partial charge in [0.1, 0.15) is 11.5 Å². The van der Waals surface area contributed by atoms with Crippen LogP contribution in [0.3, 0.4) is 0 Å². The monoisotopic (exact) mass is 284 g/mol. The van der Waals surface area contributed by atoms with E-state index in [9.17, 15) is 5.11 Å². The fraction of sp³-hybridized carbons (Fsp3) is 0.0667. The van der Waals surface area contributed by atoms with Crippen LogP contribution in [0.5, 0.6) is 11.5 Å². The summed E-state index contributed by atoms with van der Waals surface area (Å²) in [4.78, 5) is 8.72. The molecule has 4 nitrogen and oxygen atoms in total. The van der Waals surface area contributed by atoms with Crippen LogP contribution in [-0.4, -0.2) is 23.4 Å². The van der Waals surface area contributed by atoms with Gasteiger partial charge >= 0.3 is 0 Å². The topological polar surface area (TPSA) is 54.7 Å². The van der Waals surface area contributed by atoms with Crippen molar-refractivity contribution in [3.63, 3.8) is 0 Å². The molecule has 20 heavy (non-hydrogen) atoms. The molecular formula is C15H12N2O2S. The number of aromatic hydroxyl groups is 1. The molecule has 0 aliphatic heterocycles. The second-order valence-electron chi connectivity index (χ2n) is 4.15. The standard InChI is InChI=1S/C15H12N2O2S/c1-19-11-6-7-13(18)10(8-11)9-16-15-17-12-4-2-3-5-14(12)20-15/h2-9,18H,1H3. The van der Waals surface area contributed by atoms with E-state index in [1.54, 1.807) is 31.5 Å². The lowest BCUT2D eigenvalue weighted by atomic mass is 10.2. The van der Waals surface area contributed by atoms with Gasteiger partial charge in [-0.25, -0.2) is 9.98 Å². The number of thiazole rings is 1. The molecule has 0 saturated heterocycles. The predicted octanol–water partition coefficient (Wildman–Crippen LogP) is 3.76. The molecule has 2 aromatic carbocycles. The van der Waals surface area contributed by atoms with Crippen molar-refractivity contribution < 1.29 is 9.84 Å². The van der Waals surface area contributed by atoms with Crippen molar-refractivity contribution in [1.82, 2.24) is 4.98 Å². The zero-order chi connectivity index (χ0) is 13.9. The van der Waals surface area contributed by atoms with Crippen LogP contribution in [-0.2, 0) is 0 Å². The number of hydrogen-bond acceptors (Lipinski definition) is 5. The van der Waals surface area contributed by atoms with Crippen molar-refractivity contribution in [1.29, 1.82) is 0 Å². The molecule has 0 aliphatic rings. The van der Waals surface area contributed by atoms with Gasteiger partial charge in [-0.15, -0.1) is 0 Å². The molecule has 0 amide bonds. The summed E-state index contributed by atoms with van der Waals surface area (Å²) in [7, 11) is 1.58. The second-order valence-corrected chi connectivity index (χ2v) is 5.16. The zero-order valence-corrected chi connectivity index (χ0v) is 11.6. The molecule has 0 atom stereocenters. The van der Waals surface area contributed by atoms with Gasteiger partial charge in [-0.3, -0.25) is 0 Å². The van der Waals surface area contributed by atoms with Crippen molar-refractivity contribution in [3.8, 4) is 11.5 Å². The zero-order valence-electron chi connectivity index (χ0n) is 10.8. The summed E-state index contributed by atoms with van der Waals surface area (Å²) in [6, 6.07) is 12.9. The third kappa shape index (κ3) is 2.48. The van der Waals surface area contributed by atoms with Gasteiger partial charge < -0.3 is 9.84 Å². The van der Waals surface area contributed by atoms with Gasteiger partial charge in [0.25, 0.3) is 0 Å². The molecule has 3 rings (SSSR count). The number of aliphatic imine (C=N–C) groups is 1. The highest BCUT2D eigenvalue weighted by Gasteiger charge is 2.03. The van der Waals surface area contributed by atoms with E-state index in [1.165, 1.54) is 11.3 Å². The predicted molar refractivity (Wildman–Crippen MR) is 81.5 cm³/mol. The molecule has 0 aliphatic carbocycles. The van der Waals surface area contributed by atoms with Gasteiger partial charge in [-0.2, -0.15) is 0 Å². The van der Waals surface area contributed by atoms with Gasteiger partial charge in [-0.05, 0) is 30.3 Å². The number of para-hydroxylation sites is 1. The Morgan fingerprint density at radius 3 is 2.90 bits per heavy atom. The van der Waals surface area contributed by atoms with Crippen LogP contribution in [0.15, 0.2) is 47.5 Å². The minimum atomic E-state index is 0.163. The lowest BCUT2D eigenvalue weighted by Gasteiger charge is -2.02. The van der Waals surface area contributed by atoms with Gasteiger partial charge in [0.05, 0.1) is 17.3 Å². The summed E-state index contributed by atoms with van der Waals surface area (Å²) >= 11 is 1.51. The van der Waals surface area contributed by atoms with Gasteiger partial charge in [0.2, 0.25) is 5.13 Å². The fourth-order valence-electron chi connectivity index (χ4n) is 1.80. The Hall–Kier alpha value is -2.40. The summed E-state index contributed by atoms with van der Waals surface area (Å²) in [6.07, 6.45) is 1.59. The summed E-state index contributed by atoms with van der Waals surface area (Å²) in [5.74, 6) is 0.837. The number of fused-ring (bicyclic) bond motifs is 1. The average Bonchev–Trinajstić information content (AvgIpc) is 2.89. The third-order valence-electron chi connectivity index (χ3n) is 2.83. The van der Waals surface area contributed by atoms with E-state index in [1.807, 2.05) is 24.3 Å². The first-order valence-electron chi connectivity index (χ1n) is 6.03. The fourth-order valence-corrected chi connectivity index (χ4v) is 2.61. The molecule has 5 heteroatoms. The Bertz CT molecular complexity index is 747. The molecule has 1 heterocycles. The van der Waals surface area contributed by atoms with Crippen LogP contribution in [0.25, 0.3) is 10.2 Å². The summed E-state index contributed by atoms with van der Waals surface area (Å²) in [5, 5.41) is 10.4. The van der Waals surface area contributed by atoms with Crippen molar-refractivity contribution >= 4 is 32.9 Å². The molecule has 1 N–H and O–H groups in total. The van der Waals surface area contributed by atoms with Crippen molar-refractivity contribution in [2.24, 2.45) is 4.99 Å². The van der Waals surface area contributed by atoms with E-state index in [0.29, 0.717) is 16.4 Å². The van der Waals surface area contributed by atoms with Crippen molar-refractivity contribution in [2.45, 2.75) is 0 Å². The number of ether oxygens (including phenoxy) is 1. The van der Waals surface area contributed by atoms with E-state index in [0.717, 1.165) is 10.2 Å². The van der Waals surface area contributed by atoms with Crippen LogP contribution in [0.1, 0.15) is 5.56 Å². The quantitative estimate of drug-likeness (QED) is 0.745. The Kier molecular flexibility index (Phi) is 3.35. The van der Waals surface area contributed by atoms with E-state index >= 15 is 0 Å². The number of hydrogen-bond donors (Lipinski definition) is 1. The van der Waals surface area contributed by atoms with Crippen LogP contribution < -0.4 is 4.74 Å². The maximum Gasteiger partial charge on any atom is 0.210 e. The Morgan fingerprint density at radius 2 is 2.10 bits per heavy atom. The number of rotatable bonds is 3. The number of methoxy groups -OCH3 is 1. The number of benzene rings is 2. The first-order valence-corrected chi connectivity index (χ1v) is 6.84. The van der Waals surface area contributed by atoms with Crippen molar-refractivity contribution in [3.05, 3.63) is 48.0 Å².